The van der Waals surface area contributed by atoms with E-state index in [9.17, 15) is 4.79 Å². The number of amides is 1. The first-order valence-corrected chi connectivity index (χ1v) is 6.78. The fourth-order valence-corrected chi connectivity index (χ4v) is 2.10. The van der Waals surface area contributed by atoms with Crippen LogP contribution in [0.3, 0.4) is 0 Å². The molecule has 0 bridgehead atoms. The van der Waals surface area contributed by atoms with Crippen molar-refractivity contribution in [3.8, 4) is 0 Å². The standard InChI is InChI=1S/C13H26N2O2/c1-3-10(2)12(14)13(17)15(8-5-9-16)11-6-4-7-11/h10-12,16H,3-9,14H2,1-2H3/t10-,12-/m0/s1. The Morgan fingerprint density at radius 2 is 2.18 bits per heavy atom. The van der Waals surface area contributed by atoms with Gasteiger partial charge in [-0.2, -0.15) is 0 Å². The van der Waals surface area contributed by atoms with E-state index in [0.29, 0.717) is 19.0 Å². The quantitative estimate of drug-likeness (QED) is 0.703. The van der Waals surface area contributed by atoms with Crippen LogP contribution in [0.25, 0.3) is 0 Å². The fourth-order valence-electron chi connectivity index (χ4n) is 2.10. The highest BCUT2D eigenvalue weighted by atomic mass is 16.3. The van der Waals surface area contributed by atoms with Gasteiger partial charge in [0.15, 0.2) is 0 Å². The van der Waals surface area contributed by atoms with Crippen LogP contribution in [-0.2, 0) is 4.79 Å². The summed E-state index contributed by atoms with van der Waals surface area (Å²) in [6.07, 6.45) is 4.95. The number of aliphatic hydroxyl groups excluding tert-OH is 1. The van der Waals surface area contributed by atoms with Crippen molar-refractivity contribution in [2.75, 3.05) is 13.2 Å². The predicted octanol–water partition coefficient (Wildman–Crippen LogP) is 1.12. The molecule has 17 heavy (non-hydrogen) atoms. The summed E-state index contributed by atoms with van der Waals surface area (Å²) in [6, 6.07) is -0.0246. The van der Waals surface area contributed by atoms with Crippen LogP contribution in [0.4, 0.5) is 0 Å². The molecule has 2 atom stereocenters. The minimum atomic E-state index is -0.390. The average Bonchev–Trinajstić information content (AvgIpc) is 2.28. The van der Waals surface area contributed by atoms with Crippen LogP contribution in [0.1, 0.15) is 46.0 Å². The average molecular weight is 242 g/mol. The maximum atomic E-state index is 12.3. The lowest BCUT2D eigenvalue weighted by Gasteiger charge is -2.39. The molecular formula is C13H26N2O2. The Kier molecular flexibility index (Phi) is 5.92. The van der Waals surface area contributed by atoms with Crippen molar-refractivity contribution in [1.29, 1.82) is 0 Å². The summed E-state index contributed by atoms with van der Waals surface area (Å²) in [4.78, 5) is 14.2. The summed E-state index contributed by atoms with van der Waals surface area (Å²) in [5.74, 6) is 0.289. The Morgan fingerprint density at radius 1 is 1.53 bits per heavy atom. The smallest absolute Gasteiger partial charge is 0.240 e. The van der Waals surface area contributed by atoms with Gasteiger partial charge in [0.05, 0.1) is 6.04 Å². The molecule has 1 aliphatic rings. The van der Waals surface area contributed by atoms with Gasteiger partial charge in [-0.05, 0) is 31.6 Å². The van der Waals surface area contributed by atoms with E-state index >= 15 is 0 Å². The molecule has 0 radical (unpaired) electrons. The van der Waals surface area contributed by atoms with Gasteiger partial charge >= 0.3 is 0 Å². The molecule has 3 N–H and O–H groups in total. The molecule has 0 heterocycles. The highest BCUT2D eigenvalue weighted by molar-refractivity contribution is 5.82. The van der Waals surface area contributed by atoms with Crippen LogP contribution >= 0.6 is 0 Å². The van der Waals surface area contributed by atoms with Crippen molar-refractivity contribution in [3.63, 3.8) is 0 Å². The Labute approximate surface area is 104 Å². The Balaban J connectivity index is 2.57. The number of nitrogens with two attached hydrogens (primary N) is 1. The van der Waals surface area contributed by atoms with Crippen molar-refractivity contribution in [2.45, 2.75) is 58.0 Å². The third-order valence-corrected chi connectivity index (χ3v) is 3.90. The van der Waals surface area contributed by atoms with E-state index in [2.05, 4.69) is 6.92 Å². The molecular weight excluding hydrogens is 216 g/mol. The fraction of sp³-hybridized carbons (Fsp3) is 0.923. The van der Waals surface area contributed by atoms with Gasteiger partial charge in [-0.15, -0.1) is 0 Å². The highest BCUT2D eigenvalue weighted by Crippen LogP contribution is 2.26. The van der Waals surface area contributed by atoms with Gasteiger partial charge in [-0.1, -0.05) is 20.3 Å². The zero-order valence-corrected chi connectivity index (χ0v) is 11.1. The van der Waals surface area contributed by atoms with E-state index < -0.39 is 0 Å². The minimum Gasteiger partial charge on any atom is -0.396 e. The van der Waals surface area contributed by atoms with E-state index in [-0.39, 0.29) is 24.5 Å². The van der Waals surface area contributed by atoms with E-state index in [1.54, 1.807) is 0 Å². The molecule has 1 saturated carbocycles. The van der Waals surface area contributed by atoms with Crippen molar-refractivity contribution in [3.05, 3.63) is 0 Å². The third-order valence-electron chi connectivity index (χ3n) is 3.90. The van der Waals surface area contributed by atoms with Crippen LogP contribution < -0.4 is 5.73 Å². The van der Waals surface area contributed by atoms with Gasteiger partial charge in [0.1, 0.15) is 0 Å². The number of hydrogen-bond acceptors (Lipinski definition) is 3. The normalized spacial score (nSPS) is 19.5. The zero-order chi connectivity index (χ0) is 12.8. The third kappa shape index (κ3) is 3.68. The monoisotopic (exact) mass is 242 g/mol. The molecule has 0 aromatic rings. The maximum absolute atomic E-state index is 12.3. The number of nitrogens with zero attached hydrogens (tertiary/aromatic N) is 1. The van der Waals surface area contributed by atoms with Crippen LogP contribution in [0, 0.1) is 5.92 Å². The van der Waals surface area contributed by atoms with Gasteiger partial charge in [0.2, 0.25) is 5.91 Å². The van der Waals surface area contributed by atoms with Crippen molar-refractivity contribution in [2.24, 2.45) is 11.7 Å². The van der Waals surface area contributed by atoms with Crippen molar-refractivity contribution >= 4 is 5.91 Å². The SMILES string of the molecule is CC[C@H](C)[C@H](N)C(=O)N(CCCO)C1CCC1. The first kappa shape index (κ1) is 14.5. The lowest BCUT2D eigenvalue weighted by molar-refractivity contribution is -0.138. The van der Waals surface area contributed by atoms with Gasteiger partial charge < -0.3 is 15.7 Å². The predicted molar refractivity (Wildman–Crippen MR) is 68.5 cm³/mol. The highest BCUT2D eigenvalue weighted by Gasteiger charge is 2.32. The first-order chi connectivity index (χ1) is 8.11. The maximum Gasteiger partial charge on any atom is 0.240 e. The molecule has 1 aliphatic carbocycles. The molecule has 1 rings (SSSR count). The topological polar surface area (TPSA) is 66.6 Å². The lowest BCUT2D eigenvalue weighted by Crippen LogP contribution is -2.53. The second-order valence-electron chi connectivity index (χ2n) is 5.10. The molecule has 4 nitrogen and oxygen atoms in total. The molecule has 0 aromatic heterocycles. The summed E-state index contributed by atoms with van der Waals surface area (Å²) in [5, 5.41) is 8.89. The lowest BCUT2D eigenvalue weighted by atomic mass is 9.89. The number of hydrogen-bond donors (Lipinski definition) is 2. The van der Waals surface area contributed by atoms with Crippen LogP contribution in [0.5, 0.6) is 0 Å². The van der Waals surface area contributed by atoms with E-state index in [0.717, 1.165) is 19.3 Å². The summed E-state index contributed by atoms with van der Waals surface area (Å²) >= 11 is 0. The van der Waals surface area contributed by atoms with Crippen molar-refractivity contribution in [1.82, 2.24) is 4.90 Å². The molecule has 0 saturated heterocycles. The van der Waals surface area contributed by atoms with Gasteiger partial charge in [-0.3, -0.25) is 4.79 Å². The van der Waals surface area contributed by atoms with Crippen molar-refractivity contribution < 1.29 is 9.90 Å². The molecule has 100 valence electrons. The Bertz CT molecular complexity index is 242. The van der Waals surface area contributed by atoms with Crippen LogP contribution in [0.15, 0.2) is 0 Å². The van der Waals surface area contributed by atoms with Crippen LogP contribution in [0.2, 0.25) is 0 Å². The summed E-state index contributed by atoms with van der Waals surface area (Å²) in [7, 11) is 0. The molecule has 1 amide bonds. The second-order valence-corrected chi connectivity index (χ2v) is 5.10. The van der Waals surface area contributed by atoms with E-state index in [1.807, 2.05) is 11.8 Å². The minimum absolute atomic E-state index is 0.0671. The summed E-state index contributed by atoms with van der Waals surface area (Å²) in [6.45, 7) is 4.85. The Hall–Kier alpha value is -0.610. The van der Waals surface area contributed by atoms with Gasteiger partial charge in [-0.25, -0.2) is 0 Å². The number of carbonyl (C=O) groups excluding carboxylic acids is 1. The molecule has 4 heteroatoms. The molecule has 0 spiro atoms. The number of carbonyl (C=O) groups is 1. The van der Waals surface area contributed by atoms with E-state index in [4.69, 9.17) is 10.8 Å². The van der Waals surface area contributed by atoms with Crippen LogP contribution in [-0.4, -0.2) is 41.1 Å². The Morgan fingerprint density at radius 3 is 2.59 bits per heavy atom. The molecule has 0 unspecified atom stereocenters. The van der Waals surface area contributed by atoms with Gasteiger partial charge in [0, 0.05) is 19.2 Å². The first-order valence-electron chi connectivity index (χ1n) is 6.78. The van der Waals surface area contributed by atoms with Gasteiger partial charge in [0.25, 0.3) is 0 Å². The number of aliphatic hydroxyl groups is 1. The molecule has 1 fully saturated rings. The zero-order valence-electron chi connectivity index (χ0n) is 11.1. The molecule has 0 aliphatic heterocycles. The second kappa shape index (κ2) is 6.97. The summed E-state index contributed by atoms with van der Waals surface area (Å²) in [5.41, 5.74) is 6.01. The largest absolute Gasteiger partial charge is 0.396 e. The summed E-state index contributed by atoms with van der Waals surface area (Å²) < 4.78 is 0. The van der Waals surface area contributed by atoms with E-state index in [1.165, 1.54) is 6.42 Å². The molecule has 0 aromatic carbocycles. The number of rotatable bonds is 7.